The minimum Gasteiger partial charge on any atom is -0.408 e. The number of fused-ring (bicyclic) bond motifs is 1. The summed E-state index contributed by atoms with van der Waals surface area (Å²) in [4.78, 5) is 22.9. The second-order valence-electron chi connectivity index (χ2n) is 3.87. The number of carbonyl (C=O) groups excluding carboxylic acids is 1. The third-order valence-corrected chi connectivity index (χ3v) is 2.71. The van der Waals surface area contributed by atoms with E-state index in [9.17, 15) is 9.59 Å². The molecule has 1 aromatic heterocycles. The van der Waals surface area contributed by atoms with E-state index in [1.54, 1.807) is 32.3 Å². The quantitative estimate of drug-likeness (QED) is 0.630. The first kappa shape index (κ1) is 12.3. The summed E-state index contributed by atoms with van der Waals surface area (Å²) in [7, 11) is 3.19. The molecule has 1 unspecified atom stereocenters. The molecule has 0 aliphatic heterocycles. The first-order valence-corrected chi connectivity index (χ1v) is 5.36. The van der Waals surface area contributed by atoms with Crippen molar-refractivity contribution in [2.45, 2.75) is 6.04 Å². The Hall–Kier alpha value is -2.12. The molecule has 0 aliphatic carbocycles. The van der Waals surface area contributed by atoms with Gasteiger partial charge in [-0.15, -0.1) is 0 Å². The van der Waals surface area contributed by atoms with Gasteiger partial charge in [0.05, 0.1) is 5.52 Å². The van der Waals surface area contributed by atoms with Gasteiger partial charge in [-0.25, -0.2) is 10.2 Å². The number of oxazole rings is 1. The van der Waals surface area contributed by atoms with Gasteiger partial charge in [-0.1, -0.05) is 6.07 Å². The lowest BCUT2D eigenvalue weighted by atomic mass is 10.1. The number of hydrogen-bond acceptors (Lipinski definition) is 5. The number of rotatable bonds is 3. The fourth-order valence-corrected chi connectivity index (χ4v) is 1.70. The number of amides is 1. The lowest BCUT2D eigenvalue weighted by Crippen LogP contribution is -2.40. The van der Waals surface area contributed by atoms with Gasteiger partial charge >= 0.3 is 5.76 Å². The van der Waals surface area contributed by atoms with Crippen LogP contribution in [0.25, 0.3) is 11.1 Å². The van der Waals surface area contributed by atoms with Crippen molar-refractivity contribution >= 4 is 17.0 Å². The minimum atomic E-state index is -0.827. The highest BCUT2D eigenvalue weighted by Gasteiger charge is 2.17. The Balaban J connectivity index is 2.41. The monoisotopic (exact) mass is 250 g/mol. The highest BCUT2D eigenvalue weighted by atomic mass is 16.4. The molecule has 0 aliphatic rings. The van der Waals surface area contributed by atoms with Gasteiger partial charge in [0.15, 0.2) is 5.58 Å². The number of benzene rings is 1. The lowest BCUT2D eigenvalue weighted by Gasteiger charge is -2.11. The molecule has 0 spiro atoms. The Morgan fingerprint density at radius 3 is 2.89 bits per heavy atom. The van der Waals surface area contributed by atoms with Gasteiger partial charge < -0.3 is 10.2 Å². The van der Waals surface area contributed by atoms with Gasteiger partial charge in [-0.05, 0) is 17.7 Å². The van der Waals surface area contributed by atoms with E-state index in [1.807, 2.05) is 0 Å². The molecule has 1 aromatic carbocycles. The summed E-state index contributed by atoms with van der Waals surface area (Å²) in [6.45, 7) is 0. The van der Waals surface area contributed by atoms with Crippen LogP contribution in [-0.2, 0) is 11.8 Å². The zero-order valence-electron chi connectivity index (χ0n) is 10.1. The number of hydrogen-bond donors (Lipinski definition) is 3. The Morgan fingerprint density at radius 1 is 1.50 bits per heavy atom. The van der Waals surface area contributed by atoms with E-state index in [2.05, 4.69) is 10.9 Å². The molecule has 2 rings (SSSR count). The molecule has 2 aromatic rings. The second kappa shape index (κ2) is 4.63. The molecule has 0 saturated carbocycles. The number of nitrogens with two attached hydrogens (primary N) is 1. The van der Waals surface area contributed by atoms with E-state index in [0.717, 1.165) is 0 Å². The van der Waals surface area contributed by atoms with Gasteiger partial charge in [0.2, 0.25) is 0 Å². The first-order valence-electron chi connectivity index (χ1n) is 5.36. The van der Waals surface area contributed by atoms with Crippen molar-refractivity contribution in [3.05, 3.63) is 34.3 Å². The number of hydrazine groups is 1. The van der Waals surface area contributed by atoms with E-state index in [-0.39, 0.29) is 5.91 Å². The van der Waals surface area contributed by atoms with Gasteiger partial charge in [0, 0.05) is 14.1 Å². The van der Waals surface area contributed by atoms with Crippen molar-refractivity contribution in [3.63, 3.8) is 0 Å². The zero-order valence-corrected chi connectivity index (χ0v) is 10.1. The number of carbonyl (C=O) groups is 1. The molecule has 1 atom stereocenters. The molecule has 18 heavy (non-hydrogen) atoms. The molecule has 0 fully saturated rings. The topological polar surface area (TPSA) is 102 Å². The van der Waals surface area contributed by atoms with Crippen LogP contribution in [0.2, 0.25) is 0 Å². The predicted octanol–water partition coefficient (Wildman–Crippen LogP) is -0.618. The van der Waals surface area contributed by atoms with E-state index in [0.29, 0.717) is 16.7 Å². The van der Waals surface area contributed by atoms with Crippen LogP contribution in [0.4, 0.5) is 0 Å². The molecular weight excluding hydrogens is 236 g/mol. The minimum absolute atomic E-state index is 0.366. The van der Waals surface area contributed by atoms with Gasteiger partial charge in [-0.2, -0.15) is 0 Å². The largest absolute Gasteiger partial charge is 0.419 e. The maximum Gasteiger partial charge on any atom is 0.419 e. The number of aryl methyl sites for hydroxylation is 1. The number of nitrogens with zero attached hydrogens (tertiary/aromatic N) is 1. The standard InChI is InChI=1S/C11H14N4O3/c1-13-14-10(16)9(12)6-3-4-7-8(5-6)18-11(17)15(7)2/h3-5,9,13H,12H2,1-2H3,(H,14,16). The Labute approximate surface area is 103 Å². The van der Waals surface area contributed by atoms with Crippen molar-refractivity contribution in [2.24, 2.45) is 12.8 Å². The van der Waals surface area contributed by atoms with Crippen molar-refractivity contribution in [3.8, 4) is 0 Å². The molecule has 0 saturated heterocycles. The summed E-state index contributed by atoms with van der Waals surface area (Å²) in [5.41, 5.74) is 12.3. The normalized spacial score (nSPS) is 12.6. The summed E-state index contributed by atoms with van der Waals surface area (Å²) in [6, 6.07) is 4.16. The van der Waals surface area contributed by atoms with Gasteiger partial charge in [-0.3, -0.25) is 14.8 Å². The van der Waals surface area contributed by atoms with Crippen LogP contribution in [0.5, 0.6) is 0 Å². The maximum absolute atomic E-state index is 11.6. The molecule has 0 bridgehead atoms. The van der Waals surface area contributed by atoms with Crippen LogP contribution in [0.3, 0.4) is 0 Å². The summed E-state index contributed by atoms with van der Waals surface area (Å²) >= 11 is 0. The van der Waals surface area contributed by atoms with Crippen LogP contribution < -0.4 is 22.3 Å². The third-order valence-electron chi connectivity index (χ3n) is 2.71. The van der Waals surface area contributed by atoms with Crippen LogP contribution in [0.1, 0.15) is 11.6 Å². The average Bonchev–Trinajstić information content (AvgIpc) is 2.64. The highest BCUT2D eigenvalue weighted by molar-refractivity contribution is 5.84. The highest BCUT2D eigenvalue weighted by Crippen LogP contribution is 2.18. The number of aromatic nitrogens is 1. The van der Waals surface area contributed by atoms with E-state index in [1.165, 1.54) is 4.57 Å². The fraction of sp³-hybridized carbons (Fsp3) is 0.273. The zero-order chi connectivity index (χ0) is 13.3. The Bertz CT molecular complexity index is 643. The van der Waals surface area contributed by atoms with Crippen molar-refractivity contribution in [1.29, 1.82) is 0 Å². The molecule has 96 valence electrons. The molecule has 0 radical (unpaired) electrons. The molecule has 1 amide bonds. The maximum atomic E-state index is 11.6. The van der Waals surface area contributed by atoms with Crippen molar-refractivity contribution in [2.75, 3.05) is 7.05 Å². The fourth-order valence-electron chi connectivity index (χ4n) is 1.70. The van der Waals surface area contributed by atoms with Crippen LogP contribution >= 0.6 is 0 Å². The van der Waals surface area contributed by atoms with Crippen LogP contribution in [0.15, 0.2) is 27.4 Å². The van der Waals surface area contributed by atoms with E-state index < -0.39 is 11.8 Å². The smallest absolute Gasteiger partial charge is 0.408 e. The lowest BCUT2D eigenvalue weighted by molar-refractivity contribution is -0.123. The van der Waals surface area contributed by atoms with Crippen molar-refractivity contribution in [1.82, 2.24) is 15.4 Å². The molecule has 7 heteroatoms. The summed E-state index contributed by atoms with van der Waals surface area (Å²) in [5.74, 6) is -0.814. The molecular formula is C11H14N4O3. The Kier molecular flexibility index (Phi) is 3.17. The summed E-state index contributed by atoms with van der Waals surface area (Å²) < 4.78 is 6.42. The van der Waals surface area contributed by atoms with Crippen LogP contribution in [-0.4, -0.2) is 17.5 Å². The Morgan fingerprint density at radius 2 is 2.22 bits per heavy atom. The first-order chi connectivity index (χ1) is 8.54. The SMILES string of the molecule is CNNC(=O)C(N)c1ccc2c(c1)oc(=O)n2C. The van der Waals surface area contributed by atoms with E-state index >= 15 is 0 Å². The predicted molar refractivity (Wildman–Crippen MR) is 65.6 cm³/mol. The van der Waals surface area contributed by atoms with Crippen molar-refractivity contribution < 1.29 is 9.21 Å². The van der Waals surface area contributed by atoms with Crippen LogP contribution in [0, 0.1) is 0 Å². The molecule has 1 heterocycles. The van der Waals surface area contributed by atoms with E-state index in [4.69, 9.17) is 10.2 Å². The second-order valence-corrected chi connectivity index (χ2v) is 3.87. The number of nitrogens with one attached hydrogen (secondary N) is 2. The third kappa shape index (κ3) is 2.01. The van der Waals surface area contributed by atoms with Gasteiger partial charge in [0.25, 0.3) is 5.91 Å². The molecule has 7 nitrogen and oxygen atoms in total. The average molecular weight is 250 g/mol. The molecule has 4 N–H and O–H groups in total. The summed E-state index contributed by atoms with van der Waals surface area (Å²) in [6.07, 6.45) is 0. The van der Waals surface area contributed by atoms with Gasteiger partial charge in [0.1, 0.15) is 6.04 Å². The summed E-state index contributed by atoms with van der Waals surface area (Å²) in [5, 5.41) is 0.